The Kier molecular flexibility index (Phi) is 4.98. The summed E-state index contributed by atoms with van der Waals surface area (Å²) in [6.45, 7) is 5.55. The molecule has 0 aliphatic rings. The summed E-state index contributed by atoms with van der Waals surface area (Å²) in [6.07, 6.45) is 0.303. The second-order valence-electron chi connectivity index (χ2n) is 3.69. The quantitative estimate of drug-likeness (QED) is 0.729. The fourth-order valence-corrected chi connectivity index (χ4v) is 1.01. The van der Waals surface area contributed by atoms with Crippen LogP contribution in [0.15, 0.2) is 0 Å². The molecule has 0 saturated heterocycles. The number of imide groups is 1. The van der Waals surface area contributed by atoms with Gasteiger partial charge in [0.25, 0.3) is 0 Å². The third-order valence-corrected chi connectivity index (χ3v) is 1.46. The Hall–Kier alpha value is -0.580. The van der Waals surface area contributed by atoms with Crippen LogP contribution in [0.5, 0.6) is 0 Å². The molecule has 0 rings (SSSR count). The summed E-state index contributed by atoms with van der Waals surface area (Å²) >= 11 is 3.11. The number of nitrogens with one attached hydrogen (secondary N) is 2. The van der Waals surface area contributed by atoms with Gasteiger partial charge in [-0.25, -0.2) is 4.79 Å². The van der Waals surface area contributed by atoms with Crippen LogP contribution in [-0.2, 0) is 4.79 Å². The fraction of sp³-hybridized carbons (Fsp3) is 0.750. The number of urea groups is 1. The monoisotopic (exact) mass is 250 g/mol. The summed E-state index contributed by atoms with van der Waals surface area (Å²) in [5, 5.41) is 5.40. The van der Waals surface area contributed by atoms with Crippen LogP contribution in [0.3, 0.4) is 0 Å². The molecule has 0 radical (unpaired) electrons. The summed E-state index contributed by atoms with van der Waals surface area (Å²) in [5.74, 6) is -0.279. The van der Waals surface area contributed by atoms with Crippen molar-refractivity contribution >= 4 is 27.9 Å². The molecule has 2 N–H and O–H groups in total. The lowest BCUT2D eigenvalue weighted by atomic mass is 10.1. The summed E-state index contributed by atoms with van der Waals surface area (Å²) in [7, 11) is 0. The Balaban J connectivity index is 3.82. The van der Waals surface area contributed by atoms with Gasteiger partial charge in [-0.3, -0.25) is 10.1 Å². The van der Waals surface area contributed by atoms with Crippen molar-refractivity contribution < 1.29 is 9.59 Å². The zero-order valence-corrected chi connectivity index (χ0v) is 9.69. The predicted octanol–water partition coefficient (Wildman–Crippen LogP) is 1.40. The van der Waals surface area contributed by atoms with Crippen molar-refractivity contribution in [3.05, 3.63) is 0 Å². The van der Waals surface area contributed by atoms with E-state index in [2.05, 4.69) is 26.6 Å². The SMILES string of the molecule is CC(C)(C)NC(=O)NC(=O)CCBr. The Labute approximate surface area is 86.6 Å². The van der Waals surface area contributed by atoms with Crippen molar-refractivity contribution in [3.63, 3.8) is 0 Å². The second-order valence-corrected chi connectivity index (χ2v) is 4.48. The average molecular weight is 251 g/mol. The van der Waals surface area contributed by atoms with Gasteiger partial charge in [-0.2, -0.15) is 0 Å². The lowest BCUT2D eigenvalue weighted by Crippen LogP contribution is -2.48. The molecule has 0 fully saturated rings. The van der Waals surface area contributed by atoms with Gasteiger partial charge in [0, 0.05) is 17.3 Å². The predicted molar refractivity (Wildman–Crippen MR) is 54.8 cm³/mol. The van der Waals surface area contributed by atoms with Crippen molar-refractivity contribution in [1.29, 1.82) is 0 Å². The van der Waals surface area contributed by atoms with Crippen LogP contribution >= 0.6 is 15.9 Å². The molecule has 13 heavy (non-hydrogen) atoms. The number of carbonyl (C=O) groups excluding carboxylic acids is 2. The number of hydrogen-bond acceptors (Lipinski definition) is 2. The lowest BCUT2D eigenvalue weighted by molar-refractivity contribution is -0.119. The van der Waals surface area contributed by atoms with E-state index < -0.39 is 6.03 Å². The number of carbonyl (C=O) groups is 2. The summed E-state index contributed by atoms with van der Waals surface area (Å²) in [4.78, 5) is 22.0. The Bertz CT molecular complexity index is 199. The molecule has 0 aromatic rings. The topological polar surface area (TPSA) is 58.2 Å². The minimum absolute atomic E-state index is 0.279. The molecule has 0 heterocycles. The third-order valence-electron chi connectivity index (χ3n) is 1.06. The second kappa shape index (κ2) is 5.21. The number of alkyl halides is 1. The van der Waals surface area contributed by atoms with Crippen molar-refractivity contribution in [3.8, 4) is 0 Å². The zero-order chi connectivity index (χ0) is 10.5. The maximum Gasteiger partial charge on any atom is 0.321 e. The Morgan fingerprint density at radius 2 is 1.85 bits per heavy atom. The van der Waals surface area contributed by atoms with E-state index in [1.165, 1.54) is 0 Å². The number of halogens is 1. The first kappa shape index (κ1) is 12.4. The smallest absolute Gasteiger partial charge is 0.321 e. The van der Waals surface area contributed by atoms with E-state index in [1.807, 2.05) is 20.8 Å². The van der Waals surface area contributed by atoms with Crippen molar-refractivity contribution in [2.45, 2.75) is 32.7 Å². The Morgan fingerprint density at radius 3 is 2.23 bits per heavy atom. The molecule has 0 spiro atoms. The van der Waals surface area contributed by atoms with Gasteiger partial charge in [0.05, 0.1) is 0 Å². The van der Waals surface area contributed by atoms with E-state index in [0.29, 0.717) is 11.8 Å². The molecule has 0 saturated carbocycles. The molecular weight excluding hydrogens is 236 g/mol. The highest BCUT2D eigenvalue weighted by Crippen LogP contribution is 1.97. The van der Waals surface area contributed by atoms with E-state index in [1.54, 1.807) is 0 Å². The van der Waals surface area contributed by atoms with Gasteiger partial charge < -0.3 is 5.32 Å². The van der Waals surface area contributed by atoms with Gasteiger partial charge in [-0.1, -0.05) is 15.9 Å². The maximum atomic E-state index is 11.1. The molecular formula is C8H15BrN2O2. The summed E-state index contributed by atoms with van der Waals surface area (Å²) < 4.78 is 0. The first-order chi connectivity index (χ1) is 5.85. The standard InChI is InChI=1S/C8H15BrN2O2/c1-8(2,3)11-7(13)10-6(12)4-5-9/h4-5H2,1-3H3,(H2,10,11,12,13). The van der Waals surface area contributed by atoms with E-state index in [-0.39, 0.29) is 11.4 Å². The third kappa shape index (κ3) is 7.77. The van der Waals surface area contributed by atoms with Gasteiger partial charge in [0.15, 0.2) is 0 Å². The van der Waals surface area contributed by atoms with Gasteiger partial charge in [0.2, 0.25) is 5.91 Å². The lowest BCUT2D eigenvalue weighted by Gasteiger charge is -2.20. The highest BCUT2D eigenvalue weighted by Gasteiger charge is 2.14. The van der Waals surface area contributed by atoms with Crippen LogP contribution in [0.4, 0.5) is 4.79 Å². The number of hydrogen-bond donors (Lipinski definition) is 2. The number of rotatable bonds is 2. The molecule has 5 heteroatoms. The highest BCUT2D eigenvalue weighted by atomic mass is 79.9. The largest absolute Gasteiger partial charge is 0.333 e. The van der Waals surface area contributed by atoms with Crippen LogP contribution in [0.2, 0.25) is 0 Å². The molecule has 0 bridgehead atoms. The molecule has 0 aliphatic heterocycles. The summed E-state index contributed by atoms with van der Waals surface area (Å²) in [6, 6.07) is -0.446. The molecule has 4 nitrogen and oxygen atoms in total. The molecule has 0 aliphatic carbocycles. The molecule has 0 aromatic heterocycles. The van der Waals surface area contributed by atoms with Crippen molar-refractivity contribution in [2.24, 2.45) is 0 Å². The van der Waals surface area contributed by atoms with Crippen molar-refractivity contribution in [2.75, 3.05) is 5.33 Å². The first-order valence-electron chi connectivity index (χ1n) is 4.03. The zero-order valence-electron chi connectivity index (χ0n) is 8.11. The van der Waals surface area contributed by atoms with Gasteiger partial charge >= 0.3 is 6.03 Å². The fourth-order valence-electron chi connectivity index (χ4n) is 0.647. The molecule has 76 valence electrons. The maximum absolute atomic E-state index is 11.1. The molecule has 0 aromatic carbocycles. The average Bonchev–Trinajstić information content (AvgIpc) is 1.81. The van der Waals surface area contributed by atoms with Gasteiger partial charge in [0.1, 0.15) is 0 Å². The van der Waals surface area contributed by atoms with Crippen molar-refractivity contribution in [1.82, 2.24) is 10.6 Å². The van der Waals surface area contributed by atoms with E-state index in [0.717, 1.165) is 0 Å². The highest BCUT2D eigenvalue weighted by molar-refractivity contribution is 9.09. The van der Waals surface area contributed by atoms with Crippen LogP contribution in [0, 0.1) is 0 Å². The first-order valence-corrected chi connectivity index (χ1v) is 5.15. The van der Waals surface area contributed by atoms with E-state index >= 15 is 0 Å². The van der Waals surface area contributed by atoms with Crippen LogP contribution in [0.1, 0.15) is 27.2 Å². The number of amides is 3. The molecule has 0 atom stereocenters. The minimum Gasteiger partial charge on any atom is -0.333 e. The Morgan fingerprint density at radius 1 is 1.31 bits per heavy atom. The van der Waals surface area contributed by atoms with E-state index in [9.17, 15) is 9.59 Å². The van der Waals surface area contributed by atoms with Crippen LogP contribution in [0.25, 0.3) is 0 Å². The minimum atomic E-state index is -0.446. The van der Waals surface area contributed by atoms with E-state index in [4.69, 9.17) is 0 Å². The molecule has 0 unspecified atom stereocenters. The van der Waals surface area contributed by atoms with Gasteiger partial charge in [-0.05, 0) is 20.8 Å². The normalized spacial score (nSPS) is 10.8. The van der Waals surface area contributed by atoms with Crippen LogP contribution < -0.4 is 10.6 Å². The van der Waals surface area contributed by atoms with Gasteiger partial charge in [-0.15, -0.1) is 0 Å². The molecule has 3 amide bonds. The summed E-state index contributed by atoms with van der Waals surface area (Å²) in [5.41, 5.74) is -0.321. The van der Waals surface area contributed by atoms with Crippen LogP contribution in [-0.4, -0.2) is 22.8 Å².